The van der Waals surface area contributed by atoms with Crippen molar-refractivity contribution in [2.75, 3.05) is 13.6 Å². The Morgan fingerprint density at radius 3 is 2.62 bits per heavy atom. The lowest BCUT2D eigenvalue weighted by Crippen LogP contribution is -2.41. The van der Waals surface area contributed by atoms with Crippen molar-refractivity contribution >= 4 is 18.3 Å². The second-order valence-corrected chi connectivity index (χ2v) is 4.87. The number of nitrogens with zero attached hydrogens (tertiary/aromatic N) is 1. The van der Waals surface area contributed by atoms with Gasteiger partial charge in [0, 0.05) is 13.6 Å². The third-order valence-electron chi connectivity index (χ3n) is 3.30. The van der Waals surface area contributed by atoms with Crippen molar-refractivity contribution < 1.29 is 18.3 Å². The Kier molecular flexibility index (Phi) is 6.84. The van der Waals surface area contributed by atoms with Crippen molar-refractivity contribution in [1.82, 2.24) is 10.2 Å². The molecule has 1 aliphatic rings. The molecule has 1 amide bonds. The monoisotopic (exact) mass is 320 g/mol. The fourth-order valence-corrected chi connectivity index (χ4v) is 2.29. The van der Waals surface area contributed by atoms with Crippen LogP contribution in [0.2, 0.25) is 0 Å². The fourth-order valence-electron chi connectivity index (χ4n) is 2.29. The van der Waals surface area contributed by atoms with Gasteiger partial charge in [-0.3, -0.25) is 4.79 Å². The van der Waals surface area contributed by atoms with Gasteiger partial charge in [-0.25, -0.2) is 0 Å². The normalized spacial score (nSPS) is 17.4. The summed E-state index contributed by atoms with van der Waals surface area (Å²) in [6.07, 6.45) is 1.88. The van der Waals surface area contributed by atoms with Crippen LogP contribution in [0.5, 0.6) is 5.75 Å². The summed E-state index contributed by atoms with van der Waals surface area (Å²) in [5, 5.41) is 3.16. The predicted molar refractivity (Wildman–Crippen MR) is 77.8 cm³/mol. The molecule has 0 aromatic heterocycles. The number of rotatable bonds is 5. The lowest BCUT2D eigenvalue weighted by atomic mass is 10.1. The second kappa shape index (κ2) is 8.14. The van der Waals surface area contributed by atoms with Crippen molar-refractivity contribution in [3.05, 3.63) is 29.8 Å². The van der Waals surface area contributed by atoms with E-state index in [9.17, 15) is 13.6 Å². The van der Waals surface area contributed by atoms with E-state index in [4.69, 9.17) is 0 Å². The van der Waals surface area contributed by atoms with Crippen molar-refractivity contribution in [2.24, 2.45) is 0 Å². The number of hydrogen-bond acceptors (Lipinski definition) is 3. The number of nitrogens with one attached hydrogen (secondary N) is 1. The average molecular weight is 321 g/mol. The molecule has 1 unspecified atom stereocenters. The Morgan fingerprint density at radius 2 is 2.10 bits per heavy atom. The number of amides is 1. The number of carbonyl (C=O) groups excluding carboxylic acids is 1. The van der Waals surface area contributed by atoms with Crippen LogP contribution in [0, 0.1) is 0 Å². The Bertz CT molecular complexity index is 451. The molecule has 0 spiro atoms. The van der Waals surface area contributed by atoms with E-state index in [-0.39, 0.29) is 30.1 Å². The quantitative estimate of drug-likeness (QED) is 0.906. The van der Waals surface area contributed by atoms with Crippen LogP contribution in [0.25, 0.3) is 0 Å². The van der Waals surface area contributed by atoms with Gasteiger partial charge in [0.05, 0.1) is 6.04 Å². The van der Waals surface area contributed by atoms with Gasteiger partial charge in [0.2, 0.25) is 5.91 Å². The van der Waals surface area contributed by atoms with Gasteiger partial charge in [-0.15, -0.1) is 12.4 Å². The summed E-state index contributed by atoms with van der Waals surface area (Å²) in [4.78, 5) is 13.7. The molecular formula is C14H19ClF2N2O2. The molecule has 21 heavy (non-hydrogen) atoms. The lowest BCUT2D eigenvalue weighted by molar-refractivity contribution is -0.132. The van der Waals surface area contributed by atoms with E-state index in [0.717, 1.165) is 24.9 Å². The fraction of sp³-hybridized carbons (Fsp3) is 0.500. The highest BCUT2D eigenvalue weighted by Crippen LogP contribution is 2.16. The van der Waals surface area contributed by atoms with E-state index in [1.54, 1.807) is 24.1 Å². The van der Waals surface area contributed by atoms with Gasteiger partial charge in [-0.2, -0.15) is 8.78 Å². The van der Waals surface area contributed by atoms with Gasteiger partial charge in [0.25, 0.3) is 0 Å². The molecule has 7 heteroatoms. The Labute approximate surface area is 128 Å². The van der Waals surface area contributed by atoms with Crippen molar-refractivity contribution in [3.63, 3.8) is 0 Å². The summed E-state index contributed by atoms with van der Waals surface area (Å²) < 4.78 is 28.3. The van der Waals surface area contributed by atoms with E-state index in [0.29, 0.717) is 6.54 Å². The zero-order chi connectivity index (χ0) is 14.5. The number of halogens is 3. The molecule has 1 atom stereocenters. The highest BCUT2D eigenvalue weighted by atomic mass is 35.5. The van der Waals surface area contributed by atoms with Gasteiger partial charge >= 0.3 is 6.61 Å². The van der Waals surface area contributed by atoms with Crippen LogP contribution in [0.4, 0.5) is 8.78 Å². The van der Waals surface area contributed by atoms with Crippen LogP contribution in [0.1, 0.15) is 18.4 Å². The van der Waals surface area contributed by atoms with Crippen LogP contribution < -0.4 is 10.1 Å². The highest BCUT2D eigenvalue weighted by Gasteiger charge is 2.24. The van der Waals surface area contributed by atoms with Gasteiger partial charge in [-0.1, -0.05) is 12.1 Å². The van der Waals surface area contributed by atoms with Crippen molar-refractivity contribution in [3.8, 4) is 5.75 Å². The van der Waals surface area contributed by atoms with E-state index in [2.05, 4.69) is 10.1 Å². The summed E-state index contributed by atoms with van der Waals surface area (Å²) in [5.74, 6) is 0.186. The molecule has 1 saturated heterocycles. The molecule has 2 rings (SSSR count). The number of likely N-dealkylation sites (N-methyl/N-ethyl adjacent to an activating group) is 1. The maximum absolute atomic E-state index is 12.1. The number of hydrogen-bond donors (Lipinski definition) is 1. The third-order valence-corrected chi connectivity index (χ3v) is 3.30. The van der Waals surface area contributed by atoms with Crippen LogP contribution in [0.3, 0.4) is 0 Å². The summed E-state index contributed by atoms with van der Waals surface area (Å²) in [7, 11) is 1.74. The minimum Gasteiger partial charge on any atom is -0.435 e. The molecule has 1 heterocycles. The highest BCUT2D eigenvalue weighted by molar-refractivity contribution is 5.85. The molecule has 1 aromatic carbocycles. The molecule has 1 N–H and O–H groups in total. The van der Waals surface area contributed by atoms with Crippen LogP contribution in [0.15, 0.2) is 24.3 Å². The second-order valence-electron chi connectivity index (χ2n) is 4.87. The third kappa shape index (κ3) is 5.13. The average Bonchev–Trinajstić information content (AvgIpc) is 2.93. The molecule has 0 saturated carbocycles. The lowest BCUT2D eigenvalue weighted by Gasteiger charge is -2.21. The maximum Gasteiger partial charge on any atom is 0.387 e. The minimum absolute atomic E-state index is 0. The van der Waals surface area contributed by atoms with Crippen molar-refractivity contribution in [2.45, 2.75) is 32.0 Å². The Morgan fingerprint density at radius 1 is 1.43 bits per heavy atom. The van der Waals surface area contributed by atoms with Gasteiger partial charge in [0.15, 0.2) is 0 Å². The molecule has 1 aliphatic heterocycles. The largest absolute Gasteiger partial charge is 0.435 e. The first-order valence-corrected chi connectivity index (χ1v) is 6.58. The summed E-state index contributed by atoms with van der Waals surface area (Å²) in [6.45, 7) is -1.49. The van der Waals surface area contributed by atoms with Gasteiger partial charge < -0.3 is 15.0 Å². The number of carbonyl (C=O) groups is 1. The van der Waals surface area contributed by atoms with E-state index >= 15 is 0 Å². The van der Waals surface area contributed by atoms with Gasteiger partial charge in [-0.05, 0) is 37.1 Å². The zero-order valence-electron chi connectivity index (χ0n) is 11.7. The SMILES string of the molecule is CN(Cc1ccc(OC(F)F)cc1)C(=O)C1CCCN1.Cl. The molecule has 1 aromatic rings. The maximum atomic E-state index is 12.1. The zero-order valence-corrected chi connectivity index (χ0v) is 12.5. The standard InChI is InChI=1S/C14H18F2N2O2.ClH/c1-18(13(19)12-3-2-8-17-12)9-10-4-6-11(7-5-10)20-14(15)16;/h4-7,12,14,17H,2-3,8-9H2,1H3;1H. The van der Waals surface area contributed by atoms with Crippen LogP contribution in [-0.4, -0.2) is 37.1 Å². The molecule has 0 bridgehead atoms. The Balaban J connectivity index is 0.00000220. The van der Waals surface area contributed by atoms with E-state index in [1.807, 2.05) is 0 Å². The predicted octanol–water partition coefficient (Wildman–Crippen LogP) is 2.42. The molecular weight excluding hydrogens is 302 g/mol. The van der Waals surface area contributed by atoms with E-state index in [1.165, 1.54) is 12.1 Å². The first-order valence-electron chi connectivity index (χ1n) is 6.58. The minimum atomic E-state index is -2.82. The number of alkyl halides is 2. The van der Waals surface area contributed by atoms with E-state index < -0.39 is 6.61 Å². The topological polar surface area (TPSA) is 41.6 Å². The summed E-state index contributed by atoms with van der Waals surface area (Å²) >= 11 is 0. The first-order chi connectivity index (χ1) is 9.56. The molecule has 0 aliphatic carbocycles. The smallest absolute Gasteiger partial charge is 0.387 e. The summed E-state index contributed by atoms with van der Waals surface area (Å²) in [6, 6.07) is 6.23. The molecule has 0 radical (unpaired) electrons. The number of ether oxygens (including phenoxy) is 1. The van der Waals surface area contributed by atoms with Crippen LogP contribution >= 0.6 is 12.4 Å². The van der Waals surface area contributed by atoms with Crippen molar-refractivity contribution in [1.29, 1.82) is 0 Å². The summed E-state index contributed by atoms with van der Waals surface area (Å²) in [5.41, 5.74) is 0.875. The first kappa shape index (κ1) is 17.7. The van der Waals surface area contributed by atoms with Gasteiger partial charge in [0.1, 0.15) is 5.75 Å². The van der Waals surface area contributed by atoms with Crippen LogP contribution in [-0.2, 0) is 11.3 Å². The molecule has 118 valence electrons. The Hall–Kier alpha value is -1.40. The number of benzene rings is 1. The molecule has 1 fully saturated rings. The molecule has 4 nitrogen and oxygen atoms in total.